The number of para-hydroxylation sites is 1. The Labute approximate surface area is 180 Å². The molecule has 0 spiro atoms. The number of fused-ring (bicyclic) bond motifs is 1. The van der Waals surface area contributed by atoms with Crippen molar-refractivity contribution in [1.29, 1.82) is 0 Å². The predicted molar refractivity (Wildman–Crippen MR) is 114 cm³/mol. The second-order valence-electron chi connectivity index (χ2n) is 7.42. The molecule has 0 saturated carbocycles. The molecule has 0 aliphatic carbocycles. The summed E-state index contributed by atoms with van der Waals surface area (Å²) in [5.41, 5.74) is 0.988. The van der Waals surface area contributed by atoms with Crippen molar-refractivity contribution in [3.8, 4) is 5.75 Å². The number of amides is 1. The van der Waals surface area contributed by atoms with Crippen LogP contribution in [0, 0.1) is 0 Å². The number of thioether (sulfide) groups is 1. The van der Waals surface area contributed by atoms with Crippen molar-refractivity contribution in [2.24, 2.45) is 0 Å². The third-order valence-electron chi connectivity index (χ3n) is 5.28. The minimum Gasteiger partial charge on any atom is -0.493 e. The van der Waals surface area contributed by atoms with E-state index in [4.69, 9.17) is 4.74 Å². The van der Waals surface area contributed by atoms with E-state index >= 15 is 0 Å². The Bertz CT molecular complexity index is 1050. The standard InChI is InChI=1S/C20H24N4O4S2/c1-2-9-24-19(14-8-11-30(26,27)13-14)22-23-20(24)29-12-18(25)21-16-7-10-28-17-6-4-3-5-15(16)17/h2-6,14,16H,1,7-13H2,(H,21,25)/t14-,16+/m1/s1. The lowest BCUT2D eigenvalue weighted by molar-refractivity contribution is -0.119. The minimum absolute atomic E-state index is 0.0756. The van der Waals surface area contributed by atoms with Gasteiger partial charge in [-0.3, -0.25) is 4.79 Å². The second-order valence-corrected chi connectivity index (χ2v) is 10.6. The fraction of sp³-hybridized carbons (Fsp3) is 0.450. The lowest BCUT2D eigenvalue weighted by Gasteiger charge is -2.26. The highest BCUT2D eigenvalue weighted by molar-refractivity contribution is 7.99. The number of carbonyl (C=O) groups excluding carboxylic acids is 1. The van der Waals surface area contributed by atoms with E-state index in [9.17, 15) is 13.2 Å². The summed E-state index contributed by atoms with van der Waals surface area (Å²) in [4.78, 5) is 12.6. The Hall–Kier alpha value is -2.33. The summed E-state index contributed by atoms with van der Waals surface area (Å²) in [6.07, 6.45) is 2.99. The molecule has 1 aromatic heterocycles. The van der Waals surface area contributed by atoms with Gasteiger partial charge in [-0.2, -0.15) is 0 Å². The monoisotopic (exact) mass is 448 g/mol. The van der Waals surface area contributed by atoms with E-state index in [2.05, 4.69) is 22.1 Å². The number of ether oxygens (including phenoxy) is 1. The maximum Gasteiger partial charge on any atom is 0.230 e. The largest absolute Gasteiger partial charge is 0.493 e. The number of nitrogens with zero attached hydrogens (tertiary/aromatic N) is 3. The van der Waals surface area contributed by atoms with Gasteiger partial charge in [-0.15, -0.1) is 16.8 Å². The summed E-state index contributed by atoms with van der Waals surface area (Å²) in [6.45, 7) is 4.81. The van der Waals surface area contributed by atoms with Crippen LogP contribution in [0.15, 0.2) is 42.1 Å². The zero-order valence-corrected chi connectivity index (χ0v) is 18.1. The molecule has 4 rings (SSSR count). The van der Waals surface area contributed by atoms with Gasteiger partial charge in [0, 0.05) is 24.4 Å². The third kappa shape index (κ3) is 4.54. The SMILES string of the molecule is C=CCn1c(SCC(=O)N[C@H]2CCOc3ccccc32)nnc1[C@@H]1CCS(=O)(=O)C1. The van der Waals surface area contributed by atoms with Crippen LogP contribution in [0.1, 0.15) is 36.2 Å². The van der Waals surface area contributed by atoms with Crippen molar-refractivity contribution in [2.75, 3.05) is 23.9 Å². The number of carbonyl (C=O) groups is 1. The highest BCUT2D eigenvalue weighted by Crippen LogP contribution is 2.32. The van der Waals surface area contributed by atoms with E-state index < -0.39 is 9.84 Å². The number of hydrogen-bond donors (Lipinski definition) is 1. The molecule has 1 aromatic carbocycles. The van der Waals surface area contributed by atoms with Crippen LogP contribution in [0.25, 0.3) is 0 Å². The Balaban J connectivity index is 1.41. The molecular formula is C20H24N4O4S2. The van der Waals surface area contributed by atoms with E-state index in [0.717, 1.165) is 17.7 Å². The van der Waals surface area contributed by atoms with Gasteiger partial charge in [0.25, 0.3) is 0 Å². The normalized spacial score (nSPS) is 22.1. The number of rotatable bonds is 7. The molecule has 8 nitrogen and oxygen atoms in total. The van der Waals surface area contributed by atoms with Gasteiger partial charge in [0.05, 0.1) is 29.9 Å². The predicted octanol–water partition coefficient (Wildman–Crippen LogP) is 2.10. The average molecular weight is 449 g/mol. The summed E-state index contributed by atoms with van der Waals surface area (Å²) in [5.74, 6) is 1.66. The number of allylic oxidation sites excluding steroid dienone is 1. The van der Waals surface area contributed by atoms with Crippen LogP contribution in [0.3, 0.4) is 0 Å². The molecule has 160 valence electrons. The first kappa shape index (κ1) is 20.9. The van der Waals surface area contributed by atoms with Crippen molar-refractivity contribution in [2.45, 2.75) is 36.5 Å². The third-order valence-corrected chi connectivity index (χ3v) is 8.02. The van der Waals surface area contributed by atoms with Crippen LogP contribution in [0.4, 0.5) is 0 Å². The molecular weight excluding hydrogens is 424 g/mol. The van der Waals surface area contributed by atoms with Gasteiger partial charge in [-0.05, 0) is 12.5 Å². The Morgan fingerprint density at radius 2 is 2.17 bits per heavy atom. The molecule has 1 N–H and O–H groups in total. The number of aromatic nitrogens is 3. The summed E-state index contributed by atoms with van der Waals surface area (Å²) in [6, 6.07) is 7.65. The maximum atomic E-state index is 12.6. The molecule has 0 bridgehead atoms. The molecule has 1 amide bonds. The van der Waals surface area contributed by atoms with E-state index in [-0.39, 0.29) is 35.1 Å². The molecule has 1 saturated heterocycles. The lowest BCUT2D eigenvalue weighted by atomic mass is 10.0. The number of hydrogen-bond acceptors (Lipinski definition) is 7. The van der Waals surface area contributed by atoms with Crippen molar-refractivity contribution >= 4 is 27.5 Å². The van der Waals surface area contributed by atoms with Crippen LogP contribution in [0.5, 0.6) is 5.75 Å². The zero-order chi connectivity index (χ0) is 21.1. The molecule has 3 heterocycles. The molecule has 1 fully saturated rings. The minimum atomic E-state index is -3.02. The van der Waals surface area contributed by atoms with Gasteiger partial charge >= 0.3 is 0 Å². The lowest BCUT2D eigenvalue weighted by Crippen LogP contribution is -2.33. The fourth-order valence-electron chi connectivity index (χ4n) is 3.87. The van der Waals surface area contributed by atoms with Crippen molar-refractivity contribution < 1.29 is 17.9 Å². The van der Waals surface area contributed by atoms with Gasteiger partial charge < -0.3 is 14.6 Å². The van der Waals surface area contributed by atoms with Crippen LogP contribution in [-0.2, 0) is 21.2 Å². The van der Waals surface area contributed by atoms with E-state index in [0.29, 0.717) is 30.6 Å². The molecule has 2 aliphatic rings. The molecule has 10 heteroatoms. The topological polar surface area (TPSA) is 103 Å². The summed E-state index contributed by atoms with van der Waals surface area (Å²) in [5, 5.41) is 12.1. The Morgan fingerprint density at radius 3 is 2.93 bits per heavy atom. The fourth-order valence-corrected chi connectivity index (χ4v) is 6.37. The maximum absolute atomic E-state index is 12.6. The smallest absolute Gasteiger partial charge is 0.230 e. The molecule has 30 heavy (non-hydrogen) atoms. The first-order chi connectivity index (χ1) is 14.5. The van der Waals surface area contributed by atoms with Crippen molar-refractivity contribution in [3.63, 3.8) is 0 Å². The second kappa shape index (κ2) is 8.81. The van der Waals surface area contributed by atoms with E-state index in [1.165, 1.54) is 11.8 Å². The van der Waals surface area contributed by atoms with Gasteiger partial charge in [0.1, 0.15) is 11.6 Å². The number of sulfone groups is 1. The van der Waals surface area contributed by atoms with Gasteiger partial charge in [-0.25, -0.2) is 8.42 Å². The molecule has 2 atom stereocenters. The van der Waals surface area contributed by atoms with Gasteiger partial charge in [-0.1, -0.05) is 36.0 Å². The summed E-state index contributed by atoms with van der Waals surface area (Å²) < 4.78 is 31.2. The number of nitrogens with one attached hydrogen (secondary N) is 1. The zero-order valence-electron chi connectivity index (χ0n) is 16.5. The first-order valence-corrected chi connectivity index (χ1v) is 12.7. The quantitative estimate of drug-likeness (QED) is 0.511. The van der Waals surface area contributed by atoms with Crippen LogP contribution < -0.4 is 10.1 Å². The molecule has 0 unspecified atom stereocenters. The van der Waals surface area contributed by atoms with Crippen molar-refractivity contribution in [3.05, 3.63) is 48.3 Å². The number of benzene rings is 1. The summed E-state index contributed by atoms with van der Waals surface area (Å²) >= 11 is 1.29. The average Bonchev–Trinajstić information content (AvgIpc) is 3.29. The molecule has 0 radical (unpaired) electrons. The van der Waals surface area contributed by atoms with Crippen LogP contribution in [-0.4, -0.2) is 53.0 Å². The van der Waals surface area contributed by atoms with Crippen LogP contribution >= 0.6 is 11.8 Å². The Kier molecular flexibility index (Phi) is 6.14. The van der Waals surface area contributed by atoms with Crippen molar-refractivity contribution in [1.82, 2.24) is 20.1 Å². The van der Waals surface area contributed by atoms with Gasteiger partial charge in [0.2, 0.25) is 5.91 Å². The molecule has 2 aliphatic heterocycles. The van der Waals surface area contributed by atoms with Crippen LogP contribution in [0.2, 0.25) is 0 Å². The first-order valence-electron chi connectivity index (χ1n) is 9.85. The van der Waals surface area contributed by atoms with E-state index in [1.807, 2.05) is 28.8 Å². The van der Waals surface area contributed by atoms with E-state index in [1.54, 1.807) is 6.08 Å². The summed E-state index contributed by atoms with van der Waals surface area (Å²) in [7, 11) is -3.02. The molecule has 2 aromatic rings. The van der Waals surface area contributed by atoms with Gasteiger partial charge in [0.15, 0.2) is 15.0 Å². The Morgan fingerprint density at radius 1 is 1.33 bits per heavy atom. The highest BCUT2D eigenvalue weighted by Gasteiger charge is 2.33. The highest BCUT2D eigenvalue weighted by atomic mass is 32.2.